The number of aromatic nitrogens is 2. The minimum atomic E-state index is -0.287. The fourth-order valence-electron chi connectivity index (χ4n) is 5.84. The number of rotatable bonds is 2. The predicted octanol–water partition coefficient (Wildman–Crippen LogP) is 3.31. The third-order valence-electron chi connectivity index (χ3n) is 6.16. The number of hydrogen-bond donors (Lipinski definition) is 1. The van der Waals surface area contributed by atoms with Gasteiger partial charge in [0.05, 0.1) is 11.7 Å². The molecule has 0 aromatic carbocycles. The van der Waals surface area contributed by atoms with Crippen LogP contribution in [0, 0.1) is 24.7 Å². The SMILES string of the molecule is Cc1c(C(C)(C)N)cnn1C12CC3CC(CC(C3)C1)C2. The van der Waals surface area contributed by atoms with Gasteiger partial charge in [0.1, 0.15) is 0 Å². The van der Waals surface area contributed by atoms with Gasteiger partial charge in [0.2, 0.25) is 0 Å². The zero-order valence-electron chi connectivity index (χ0n) is 13.0. The Balaban J connectivity index is 1.76. The highest BCUT2D eigenvalue weighted by molar-refractivity contribution is 5.26. The van der Waals surface area contributed by atoms with E-state index in [0.717, 1.165) is 17.8 Å². The second kappa shape index (κ2) is 3.88. The summed E-state index contributed by atoms with van der Waals surface area (Å²) in [5, 5.41) is 4.81. The molecule has 5 rings (SSSR count). The Morgan fingerprint density at radius 1 is 1.15 bits per heavy atom. The van der Waals surface area contributed by atoms with Crippen LogP contribution in [0.5, 0.6) is 0 Å². The molecule has 4 saturated carbocycles. The van der Waals surface area contributed by atoms with E-state index in [1.807, 2.05) is 6.20 Å². The van der Waals surface area contributed by atoms with Crippen LogP contribution >= 0.6 is 0 Å². The van der Waals surface area contributed by atoms with E-state index in [2.05, 4.69) is 25.5 Å². The molecule has 1 heterocycles. The summed E-state index contributed by atoms with van der Waals surface area (Å²) in [6, 6.07) is 0. The fourth-order valence-corrected chi connectivity index (χ4v) is 5.84. The maximum Gasteiger partial charge on any atom is 0.0638 e. The lowest BCUT2D eigenvalue weighted by molar-refractivity contribution is -0.0504. The molecule has 4 aliphatic rings. The second-order valence-electron chi connectivity index (χ2n) is 8.42. The Kier molecular flexibility index (Phi) is 2.50. The normalized spacial score (nSPS) is 39.5. The van der Waals surface area contributed by atoms with Crippen molar-refractivity contribution in [2.45, 2.75) is 70.4 Å². The van der Waals surface area contributed by atoms with Gasteiger partial charge in [-0.2, -0.15) is 5.10 Å². The smallest absolute Gasteiger partial charge is 0.0638 e. The van der Waals surface area contributed by atoms with Gasteiger partial charge in [0, 0.05) is 16.8 Å². The standard InChI is InChI=1S/C17H27N3/c1-11-15(16(2,3)18)10-19-20(11)17-7-12-4-13(8-17)6-14(5-12)9-17/h10,12-14H,4-9,18H2,1-3H3. The molecule has 0 radical (unpaired) electrons. The summed E-state index contributed by atoms with van der Waals surface area (Å²) in [6.07, 6.45) is 10.5. The fraction of sp³-hybridized carbons (Fsp3) is 0.824. The quantitative estimate of drug-likeness (QED) is 0.898. The minimum Gasteiger partial charge on any atom is -0.322 e. The van der Waals surface area contributed by atoms with Crippen molar-refractivity contribution in [3.8, 4) is 0 Å². The summed E-state index contributed by atoms with van der Waals surface area (Å²) in [7, 11) is 0. The zero-order valence-corrected chi connectivity index (χ0v) is 13.0. The average molecular weight is 273 g/mol. The Morgan fingerprint density at radius 2 is 1.65 bits per heavy atom. The Morgan fingerprint density at radius 3 is 2.05 bits per heavy atom. The molecule has 1 aromatic heterocycles. The van der Waals surface area contributed by atoms with Crippen LogP contribution in [0.1, 0.15) is 63.6 Å². The van der Waals surface area contributed by atoms with Crippen LogP contribution in [0.4, 0.5) is 0 Å². The van der Waals surface area contributed by atoms with Gasteiger partial charge in [0.15, 0.2) is 0 Å². The van der Waals surface area contributed by atoms with Crippen LogP contribution in [-0.2, 0) is 11.1 Å². The van der Waals surface area contributed by atoms with Crippen molar-refractivity contribution in [2.24, 2.45) is 23.5 Å². The molecule has 0 atom stereocenters. The second-order valence-corrected chi connectivity index (χ2v) is 8.42. The van der Waals surface area contributed by atoms with Crippen LogP contribution in [0.25, 0.3) is 0 Å². The minimum absolute atomic E-state index is 0.287. The van der Waals surface area contributed by atoms with E-state index in [1.165, 1.54) is 49.8 Å². The van der Waals surface area contributed by atoms with Crippen molar-refractivity contribution >= 4 is 0 Å². The lowest BCUT2D eigenvalue weighted by Gasteiger charge is -2.57. The molecular weight excluding hydrogens is 246 g/mol. The maximum atomic E-state index is 6.31. The van der Waals surface area contributed by atoms with Gasteiger partial charge in [0.25, 0.3) is 0 Å². The molecule has 3 heteroatoms. The highest BCUT2D eigenvalue weighted by Gasteiger charge is 2.52. The molecule has 0 saturated heterocycles. The molecule has 0 aliphatic heterocycles. The van der Waals surface area contributed by atoms with Gasteiger partial charge in [-0.3, -0.25) is 4.68 Å². The van der Waals surface area contributed by atoms with E-state index in [-0.39, 0.29) is 5.54 Å². The first-order valence-electron chi connectivity index (χ1n) is 8.22. The maximum absolute atomic E-state index is 6.31. The molecule has 0 unspecified atom stereocenters. The molecule has 0 amide bonds. The lowest BCUT2D eigenvalue weighted by Crippen LogP contribution is -2.52. The van der Waals surface area contributed by atoms with E-state index in [9.17, 15) is 0 Å². The molecule has 110 valence electrons. The van der Waals surface area contributed by atoms with Gasteiger partial charge < -0.3 is 5.73 Å². The molecular formula is C17H27N3. The Labute approximate surface area is 121 Å². The van der Waals surface area contributed by atoms with Crippen molar-refractivity contribution < 1.29 is 0 Å². The highest BCUT2D eigenvalue weighted by Crippen LogP contribution is 2.59. The van der Waals surface area contributed by atoms with Gasteiger partial charge in [-0.05, 0) is 77.0 Å². The van der Waals surface area contributed by atoms with E-state index < -0.39 is 0 Å². The summed E-state index contributed by atoms with van der Waals surface area (Å²) in [6.45, 7) is 6.39. The molecule has 20 heavy (non-hydrogen) atoms. The number of nitrogens with two attached hydrogens (primary N) is 1. The molecule has 1 aromatic rings. The van der Waals surface area contributed by atoms with E-state index in [1.54, 1.807) is 0 Å². The molecule has 2 N–H and O–H groups in total. The predicted molar refractivity (Wildman–Crippen MR) is 80.3 cm³/mol. The van der Waals surface area contributed by atoms with Crippen LogP contribution in [0.15, 0.2) is 6.20 Å². The first kappa shape index (κ1) is 12.9. The summed E-state index contributed by atoms with van der Waals surface area (Å²) < 4.78 is 2.38. The van der Waals surface area contributed by atoms with E-state index in [4.69, 9.17) is 10.8 Å². The van der Waals surface area contributed by atoms with Crippen molar-refractivity contribution in [3.05, 3.63) is 17.5 Å². The summed E-state index contributed by atoms with van der Waals surface area (Å²) >= 11 is 0. The van der Waals surface area contributed by atoms with Crippen LogP contribution in [-0.4, -0.2) is 9.78 Å². The largest absolute Gasteiger partial charge is 0.322 e. The highest BCUT2D eigenvalue weighted by atomic mass is 15.3. The van der Waals surface area contributed by atoms with Gasteiger partial charge >= 0.3 is 0 Å². The third-order valence-corrected chi connectivity index (χ3v) is 6.16. The topological polar surface area (TPSA) is 43.8 Å². The van der Waals surface area contributed by atoms with Crippen molar-refractivity contribution in [3.63, 3.8) is 0 Å². The summed E-state index contributed by atoms with van der Waals surface area (Å²) in [5.41, 5.74) is 8.86. The average Bonchev–Trinajstić information content (AvgIpc) is 2.69. The monoisotopic (exact) mass is 273 g/mol. The van der Waals surface area contributed by atoms with Crippen molar-refractivity contribution in [1.29, 1.82) is 0 Å². The summed E-state index contributed by atoms with van der Waals surface area (Å²) in [4.78, 5) is 0. The van der Waals surface area contributed by atoms with Crippen LogP contribution < -0.4 is 5.73 Å². The number of nitrogens with zero attached hydrogens (tertiary/aromatic N) is 2. The van der Waals surface area contributed by atoms with Crippen molar-refractivity contribution in [2.75, 3.05) is 0 Å². The lowest BCUT2D eigenvalue weighted by atomic mass is 9.53. The van der Waals surface area contributed by atoms with Crippen LogP contribution in [0.3, 0.4) is 0 Å². The molecule has 4 bridgehead atoms. The molecule has 4 aliphatic carbocycles. The van der Waals surface area contributed by atoms with E-state index >= 15 is 0 Å². The van der Waals surface area contributed by atoms with E-state index in [0.29, 0.717) is 5.54 Å². The number of hydrogen-bond acceptors (Lipinski definition) is 2. The van der Waals surface area contributed by atoms with Crippen LogP contribution in [0.2, 0.25) is 0 Å². The first-order chi connectivity index (χ1) is 9.37. The van der Waals surface area contributed by atoms with Crippen molar-refractivity contribution in [1.82, 2.24) is 9.78 Å². The molecule has 3 nitrogen and oxygen atoms in total. The Bertz CT molecular complexity index is 500. The van der Waals surface area contributed by atoms with Gasteiger partial charge in [-0.1, -0.05) is 0 Å². The van der Waals surface area contributed by atoms with Gasteiger partial charge in [-0.15, -0.1) is 0 Å². The zero-order chi connectivity index (χ0) is 14.1. The summed E-state index contributed by atoms with van der Waals surface area (Å²) in [5.74, 6) is 2.87. The van der Waals surface area contributed by atoms with Gasteiger partial charge in [-0.25, -0.2) is 0 Å². The molecule has 0 spiro atoms. The first-order valence-corrected chi connectivity index (χ1v) is 8.22. The Hall–Kier alpha value is -0.830. The molecule has 4 fully saturated rings. The third kappa shape index (κ3) is 1.71.